The lowest BCUT2D eigenvalue weighted by molar-refractivity contribution is -0.482. The van der Waals surface area contributed by atoms with Crippen LogP contribution in [0.1, 0.15) is 18.9 Å². The van der Waals surface area contributed by atoms with Gasteiger partial charge in [-0.3, -0.25) is 0 Å². The first-order chi connectivity index (χ1) is 17.3. The van der Waals surface area contributed by atoms with E-state index in [9.17, 15) is 33.6 Å². The van der Waals surface area contributed by atoms with Gasteiger partial charge in [-0.25, -0.2) is 0 Å². The minimum atomic E-state index is -4.79. The molecule has 0 amide bonds. The Morgan fingerprint density at radius 3 is 2.24 bits per heavy atom. The summed E-state index contributed by atoms with van der Waals surface area (Å²) in [6.07, 6.45) is -11.1. The lowest BCUT2D eigenvalue weighted by atomic mass is 9.77. The standard InChI is InChI=1S/C23H34F3N3O8/c1-11-8-21(32,10-29-9-12-4-6-13(7-5-12)36-23(24,25)26)22(33)20(34-11)35-19-17(31)14(27-2)16(30)15(28-3)18(19)37-22/h4-7,11,14-20,27-33H,8-10H2,1-3H3/t11-,14-,15+,16+,17+,18-,19?,20+,21-,22-/m1/s1. The second-order valence-electron chi connectivity index (χ2n) is 9.80. The van der Waals surface area contributed by atoms with Gasteiger partial charge in [-0.2, -0.15) is 0 Å². The number of rotatable bonds is 7. The molecular weight excluding hydrogens is 503 g/mol. The Morgan fingerprint density at radius 1 is 1.00 bits per heavy atom. The van der Waals surface area contributed by atoms with Crippen LogP contribution in [0.3, 0.4) is 0 Å². The van der Waals surface area contributed by atoms with Crippen LogP contribution in [-0.2, 0) is 20.8 Å². The van der Waals surface area contributed by atoms with Crippen LogP contribution in [0.4, 0.5) is 13.2 Å². The van der Waals surface area contributed by atoms with Gasteiger partial charge in [0.05, 0.1) is 24.3 Å². The molecule has 0 aromatic heterocycles. The topological polar surface area (TPSA) is 154 Å². The number of fused-ring (bicyclic) bond motifs is 2. The zero-order valence-electron chi connectivity index (χ0n) is 20.6. The monoisotopic (exact) mass is 537 g/mol. The molecule has 7 N–H and O–H groups in total. The Balaban J connectivity index is 1.49. The number of alkyl halides is 3. The Labute approximate surface area is 211 Å². The summed E-state index contributed by atoms with van der Waals surface area (Å²) in [4.78, 5) is 0. The van der Waals surface area contributed by atoms with E-state index in [-0.39, 0.29) is 25.3 Å². The Hall–Kier alpha value is -1.59. The molecule has 10 atom stereocenters. The summed E-state index contributed by atoms with van der Waals surface area (Å²) in [7, 11) is 3.18. The van der Waals surface area contributed by atoms with Gasteiger partial charge in [0, 0.05) is 19.5 Å². The minimum absolute atomic E-state index is 0.0411. The van der Waals surface area contributed by atoms with E-state index >= 15 is 0 Å². The highest BCUT2D eigenvalue weighted by Gasteiger charge is 2.68. The highest BCUT2D eigenvalue weighted by atomic mass is 19.4. The third kappa shape index (κ3) is 5.45. The average molecular weight is 538 g/mol. The fourth-order valence-corrected chi connectivity index (χ4v) is 5.45. The highest BCUT2D eigenvalue weighted by Crippen LogP contribution is 2.46. The molecule has 37 heavy (non-hydrogen) atoms. The quantitative estimate of drug-likeness (QED) is 0.227. The summed E-state index contributed by atoms with van der Waals surface area (Å²) in [5, 5.41) is 53.6. The summed E-state index contributed by atoms with van der Waals surface area (Å²) in [6.45, 7) is 1.65. The van der Waals surface area contributed by atoms with Gasteiger partial charge in [0.2, 0.25) is 12.1 Å². The van der Waals surface area contributed by atoms with Crippen LogP contribution in [0.15, 0.2) is 24.3 Å². The second kappa shape index (κ2) is 10.5. The van der Waals surface area contributed by atoms with Crippen molar-refractivity contribution >= 4 is 0 Å². The predicted molar refractivity (Wildman–Crippen MR) is 121 cm³/mol. The van der Waals surface area contributed by atoms with Crippen LogP contribution in [0.5, 0.6) is 5.75 Å². The zero-order chi connectivity index (χ0) is 27.2. The van der Waals surface area contributed by atoms with Gasteiger partial charge in [-0.15, -0.1) is 13.2 Å². The van der Waals surface area contributed by atoms with Crippen LogP contribution >= 0.6 is 0 Å². The highest BCUT2D eigenvalue weighted by molar-refractivity contribution is 5.27. The van der Waals surface area contributed by atoms with Crippen molar-refractivity contribution in [2.24, 2.45) is 0 Å². The molecule has 11 nitrogen and oxygen atoms in total. The van der Waals surface area contributed by atoms with Gasteiger partial charge in [0.15, 0.2) is 0 Å². The Kier molecular flexibility index (Phi) is 8.08. The molecule has 1 aromatic rings. The van der Waals surface area contributed by atoms with E-state index < -0.39 is 66.6 Å². The van der Waals surface area contributed by atoms with Crippen molar-refractivity contribution in [1.82, 2.24) is 16.0 Å². The summed E-state index contributed by atoms with van der Waals surface area (Å²) in [5.41, 5.74) is -1.32. The van der Waals surface area contributed by atoms with Crippen molar-refractivity contribution in [3.63, 3.8) is 0 Å². The number of hydrogen-bond donors (Lipinski definition) is 7. The maximum Gasteiger partial charge on any atom is 0.573 e. The van der Waals surface area contributed by atoms with Gasteiger partial charge < -0.3 is 55.3 Å². The van der Waals surface area contributed by atoms with Gasteiger partial charge in [0.1, 0.15) is 29.7 Å². The van der Waals surface area contributed by atoms with E-state index in [0.717, 1.165) is 0 Å². The van der Waals surface area contributed by atoms with E-state index in [4.69, 9.17) is 14.2 Å². The minimum Gasteiger partial charge on any atom is -0.406 e. The molecule has 3 aliphatic rings. The lowest BCUT2D eigenvalue weighted by Crippen LogP contribution is -2.81. The summed E-state index contributed by atoms with van der Waals surface area (Å²) in [5.74, 6) is -2.72. The molecule has 1 saturated carbocycles. The molecule has 0 radical (unpaired) electrons. The molecule has 0 bridgehead atoms. The van der Waals surface area contributed by atoms with E-state index in [0.29, 0.717) is 5.56 Å². The molecule has 2 saturated heterocycles. The van der Waals surface area contributed by atoms with E-state index in [2.05, 4.69) is 20.7 Å². The van der Waals surface area contributed by atoms with Crippen molar-refractivity contribution in [2.45, 2.75) is 86.5 Å². The molecule has 3 fully saturated rings. The maximum absolute atomic E-state index is 12.4. The largest absolute Gasteiger partial charge is 0.573 e. The molecule has 1 aliphatic carbocycles. The molecular formula is C23H34F3N3O8. The molecule has 2 heterocycles. The normalized spacial score (nSPS) is 42.1. The third-order valence-electron chi connectivity index (χ3n) is 7.25. The number of benzene rings is 1. The predicted octanol–water partition coefficient (Wildman–Crippen LogP) is -1.08. The van der Waals surface area contributed by atoms with Crippen molar-refractivity contribution < 1.29 is 52.5 Å². The second-order valence-corrected chi connectivity index (χ2v) is 9.80. The first-order valence-corrected chi connectivity index (χ1v) is 12.0. The third-order valence-corrected chi connectivity index (χ3v) is 7.25. The average Bonchev–Trinajstić information content (AvgIpc) is 2.80. The van der Waals surface area contributed by atoms with Crippen LogP contribution in [0.2, 0.25) is 0 Å². The fraction of sp³-hybridized carbons (Fsp3) is 0.739. The number of likely N-dealkylation sites (N-methyl/N-ethyl adjacent to an activating group) is 2. The summed E-state index contributed by atoms with van der Waals surface area (Å²) < 4.78 is 58.8. The molecule has 2 aliphatic heterocycles. The van der Waals surface area contributed by atoms with Crippen molar-refractivity contribution in [2.75, 3.05) is 20.6 Å². The number of aliphatic hydroxyl groups is 4. The fourth-order valence-electron chi connectivity index (χ4n) is 5.45. The van der Waals surface area contributed by atoms with E-state index in [1.54, 1.807) is 21.0 Å². The first-order valence-electron chi connectivity index (χ1n) is 12.0. The van der Waals surface area contributed by atoms with Gasteiger partial charge in [-0.05, 0) is 38.7 Å². The van der Waals surface area contributed by atoms with E-state index in [1.807, 2.05) is 0 Å². The first kappa shape index (κ1) is 28.4. The molecule has 0 spiro atoms. The summed E-state index contributed by atoms with van der Waals surface area (Å²) >= 11 is 0. The van der Waals surface area contributed by atoms with E-state index in [1.165, 1.54) is 24.3 Å². The van der Waals surface area contributed by atoms with Crippen LogP contribution < -0.4 is 20.7 Å². The van der Waals surface area contributed by atoms with Crippen LogP contribution in [-0.4, -0.2) is 108 Å². The Bertz CT molecular complexity index is 927. The molecule has 210 valence electrons. The van der Waals surface area contributed by atoms with Crippen molar-refractivity contribution in [3.8, 4) is 5.75 Å². The van der Waals surface area contributed by atoms with Gasteiger partial charge in [-0.1, -0.05) is 12.1 Å². The molecule has 4 rings (SSSR count). The number of ether oxygens (including phenoxy) is 4. The maximum atomic E-state index is 12.4. The Morgan fingerprint density at radius 2 is 1.65 bits per heavy atom. The van der Waals surface area contributed by atoms with Gasteiger partial charge in [0.25, 0.3) is 0 Å². The smallest absolute Gasteiger partial charge is 0.406 e. The zero-order valence-corrected chi connectivity index (χ0v) is 20.6. The molecule has 1 unspecified atom stereocenters. The van der Waals surface area contributed by atoms with Crippen molar-refractivity contribution in [1.29, 1.82) is 0 Å². The number of hydrogen-bond acceptors (Lipinski definition) is 11. The number of aliphatic hydroxyl groups excluding tert-OH is 2. The van der Waals surface area contributed by atoms with Crippen LogP contribution in [0, 0.1) is 0 Å². The number of nitrogens with one attached hydrogen (secondary N) is 3. The lowest BCUT2D eigenvalue weighted by Gasteiger charge is -2.60. The molecule has 14 heteroatoms. The number of halogens is 3. The molecule has 1 aromatic carbocycles. The van der Waals surface area contributed by atoms with Gasteiger partial charge >= 0.3 is 6.36 Å². The van der Waals surface area contributed by atoms with Crippen molar-refractivity contribution in [3.05, 3.63) is 29.8 Å². The summed E-state index contributed by atoms with van der Waals surface area (Å²) in [6, 6.07) is 3.72. The van der Waals surface area contributed by atoms with Crippen LogP contribution in [0.25, 0.3) is 0 Å². The SMILES string of the molecule is CN[C@@H]1[C@H](O)[C@H](NC)[C@H]2O[C@]3(O)[C@H](OC2[C@H]1O)O[C@H](C)C[C@@]3(O)CNCc1ccc(OC(F)(F)F)cc1.